The van der Waals surface area contributed by atoms with Crippen molar-refractivity contribution in [3.8, 4) is 0 Å². The van der Waals surface area contributed by atoms with Crippen molar-refractivity contribution in [3.05, 3.63) is 0 Å². The first kappa shape index (κ1) is 55.4. The van der Waals surface area contributed by atoms with E-state index in [9.17, 15) is 14.4 Å². The fraction of sp³-hybridized carbons (Fsp3) is 0.941. The van der Waals surface area contributed by atoms with Crippen molar-refractivity contribution >= 4 is 17.9 Å². The highest BCUT2D eigenvalue weighted by Gasteiger charge is 2.19. The maximum absolute atomic E-state index is 12.8. The molecule has 0 saturated carbocycles. The molecule has 6 heteroatoms. The Morgan fingerprint density at radius 3 is 0.860 bits per heavy atom. The van der Waals surface area contributed by atoms with Crippen molar-refractivity contribution in [3.63, 3.8) is 0 Å². The van der Waals surface area contributed by atoms with Crippen LogP contribution in [-0.4, -0.2) is 37.2 Å². The van der Waals surface area contributed by atoms with E-state index < -0.39 is 6.10 Å². The smallest absolute Gasteiger partial charge is 0.306 e. The van der Waals surface area contributed by atoms with Crippen LogP contribution in [0.15, 0.2) is 0 Å². The van der Waals surface area contributed by atoms with E-state index >= 15 is 0 Å². The molecule has 6 nitrogen and oxygen atoms in total. The lowest BCUT2D eigenvalue weighted by Crippen LogP contribution is -2.30. The first-order valence-corrected chi connectivity index (χ1v) is 25.4. The highest BCUT2D eigenvalue weighted by molar-refractivity contribution is 5.71. The van der Waals surface area contributed by atoms with E-state index in [-0.39, 0.29) is 31.1 Å². The van der Waals surface area contributed by atoms with E-state index in [1.165, 1.54) is 180 Å². The molecule has 0 rings (SSSR count). The van der Waals surface area contributed by atoms with Crippen molar-refractivity contribution in [2.75, 3.05) is 13.2 Å². The summed E-state index contributed by atoms with van der Waals surface area (Å²) in [6.07, 6.45) is 46.5. The van der Waals surface area contributed by atoms with Crippen LogP contribution in [0.1, 0.15) is 285 Å². The molecule has 0 aromatic carbocycles. The summed E-state index contributed by atoms with van der Waals surface area (Å²) < 4.78 is 16.8. The van der Waals surface area contributed by atoms with E-state index in [4.69, 9.17) is 14.2 Å². The van der Waals surface area contributed by atoms with Gasteiger partial charge in [-0.3, -0.25) is 14.4 Å². The zero-order chi connectivity index (χ0) is 41.7. The van der Waals surface area contributed by atoms with Gasteiger partial charge in [-0.15, -0.1) is 0 Å². The molecule has 0 aromatic heterocycles. The lowest BCUT2D eigenvalue weighted by Gasteiger charge is -2.18. The van der Waals surface area contributed by atoms with Crippen LogP contribution in [0.25, 0.3) is 0 Å². The maximum atomic E-state index is 12.8. The van der Waals surface area contributed by atoms with Crippen LogP contribution in [0.3, 0.4) is 0 Å². The molecular weight excluding hydrogens is 709 g/mol. The fourth-order valence-corrected chi connectivity index (χ4v) is 7.69. The third-order valence-corrected chi connectivity index (χ3v) is 11.5. The second-order valence-electron chi connectivity index (χ2n) is 17.9. The van der Waals surface area contributed by atoms with Crippen molar-refractivity contribution in [1.29, 1.82) is 0 Å². The molecule has 0 fully saturated rings. The molecule has 0 aliphatic carbocycles. The molecule has 0 aliphatic rings. The van der Waals surface area contributed by atoms with E-state index in [0.717, 1.165) is 63.7 Å². The number of carbonyl (C=O) groups excluding carboxylic acids is 3. The van der Waals surface area contributed by atoms with Crippen LogP contribution in [0.2, 0.25) is 0 Å². The van der Waals surface area contributed by atoms with Crippen LogP contribution in [0, 0.1) is 5.92 Å². The molecule has 0 heterocycles. The Hall–Kier alpha value is -1.59. The standard InChI is InChI=1S/C51H98O6/c1-5-7-9-11-13-15-17-19-20-22-28-32-36-40-44-51(54)57-48(45-55-49(52)42-38-34-30-26-21-18-16-14-12-10-8-6-2)46-56-50(53)43-39-35-31-27-24-23-25-29-33-37-41-47(3)4/h47-48H,5-46H2,1-4H3/t48-/m1/s1. The maximum Gasteiger partial charge on any atom is 0.306 e. The van der Waals surface area contributed by atoms with Crippen LogP contribution < -0.4 is 0 Å². The Balaban J connectivity index is 4.32. The Labute approximate surface area is 355 Å². The van der Waals surface area contributed by atoms with Crippen LogP contribution in [0.4, 0.5) is 0 Å². The number of esters is 3. The van der Waals surface area contributed by atoms with Gasteiger partial charge >= 0.3 is 17.9 Å². The summed E-state index contributed by atoms with van der Waals surface area (Å²) in [6.45, 7) is 9.01. The largest absolute Gasteiger partial charge is 0.462 e. The molecule has 0 aromatic rings. The SMILES string of the molecule is CCCCCCCCCCCCCCCCC(=O)O[C@H](COC(=O)CCCCCCCCCCCCCC)COC(=O)CCCCCCCCCCCCC(C)C. The van der Waals surface area contributed by atoms with Gasteiger partial charge in [-0.1, -0.05) is 246 Å². The van der Waals surface area contributed by atoms with Gasteiger partial charge < -0.3 is 14.2 Å². The number of hydrogen-bond donors (Lipinski definition) is 0. The second-order valence-corrected chi connectivity index (χ2v) is 17.9. The van der Waals surface area contributed by atoms with E-state index in [0.29, 0.717) is 19.3 Å². The van der Waals surface area contributed by atoms with Crippen LogP contribution in [-0.2, 0) is 28.6 Å². The van der Waals surface area contributed by atoms with Gasteiger partial charge in [0.15, 0.2) is 6.10 Å². The van der Waals surface area contributed by atoms with Crippen LogP contribution >= 0.6 is 0 Å². The average molecular weight is 807 g/mol. The van der Waals surface area contributed by atoms with E-state index in [2.05, 4.69) is 27.7 Å². The highest BCUT2D eigenvalue weighted by atomic mass is 16.6. The molecule has 0 unspecified atom stereocenters. The monoisotopic (exact) mass is 807 g/mol. The molecule has 57 heavy (non-hydrogen) atoms. The molecule has 338 valence electrons. The number of rotatable bonds is 46. The fourth-order valence-electron chi connectivity index (χ4n) is 7.69. The van der Waals surface area contributed by atoms with Gasteiger partial charge in [0.25, 0.3) is 0 Å². The van der Waals surface area contributed by atoms with E-state index in [1.54, 1.807) is 0 Å². The number of hydrogen-bond acceptors (Lipinski definition) is 6. The molecule has 0 bridgehead atoms. The molecule has 0 N–H and O–H groups in total. The minimum atomic E-state index is -0.760. The third-order valence-electron chi connectivity index (χ3n) is 11.5. The lowest BCUT2D eigenvalue weighted by atomic mass is 10.0. The predicted octanol–water partition coefficient (Wildman–Crippen LogP) is 16.3. The summed E-state index contributed by atoms with van der Waals surface area (Å²) in [6, 6.07) is 0. The van der Waals surface area contributed by atoms with Gasteiger partial charge in [-0.05, 0) is 25.2 Å². The summed E-state index contributed by atoms with van der Waals surface area (Å²) in [5.41, 5.74) is 0. The van der Waals surface area contributed by atoms with Crippen molar-refractivity contribution in [1.82, 2.24) is 0 Å². The number of ether oxygens (including phenoxy) is 3. The van der Waals surface area contributed by atoms with E-state index in [1.807, 2.05) is 0 Å². The molecule has 0 spiro atoms. The average Bonchev–Trinajstić information content (AvgIpc) is 3.19. The van der Waals surface area contributed by atoms with Gasteiger partial charge in [0.05, 0.1) is 0 Å². The normalized spacial score (nSPS) is 11.9. The number of unbranched alkanes of at least 4 members (excludes halogenated alkanes) is 33. The van der Waals surface area contributed by atoms with Gasteiger partial charge in [0.1, 0.15) is 13.2 Å². The molecule has 0 amide bonds. The summed E-state index contributed by atoms with van der Waals surface area (Å²) in [4.78, 5) is 37.9. The van der Waals surface area contributed by atoms with Gasteiger partial charge in [0.2, 0.25) is 0 Å². The Bertz CT molecular complexity index is 857. The lowest BCUT2D eigenvalue weighted by molar-refractivity contribution is -0.167. The van der Waals surface area contributed by atoms with Gasteiger partial charge in [0, 0.05) is 19.3 Å². The molecule has 0 radical (unpaired) electrons. The quantitative estimate of drug-likeness (QED) is 0.0346. The Morgan fingerprint density at radius 2 is 0.579 bits per heavy atom. The highest BCUT2D eigenvalue weighted by Crippen LogP contribution is 2.17. The minimum Gasteiger partial charge on any atom is -0.462 e. The summed E-state index contributed by atoms with van der Waals surface area (Å²) in [7, 11) is 0. The zero-order valence-electron chi connectivity index (χ0n) is 38.8. The van der Waals surface area contributed by atoms with Crippen molar-refractivity contribution in [2.24, 2.45) is 5.92 Å². The van der Waals surface area contributed by atoms with Gasteiger partial charge in [-0.25, -0.2) is 0 Å². The zero-order valence-corrected chi connectivity index (χ0v) is 38.8. The third kappa shape index (κ3) is 45.3. The summed E-state index contributed by atoms with van der Waals surface area (Å²) >= 11 is 0. The number of carbonyl (C=O) groups is 3. The Morgan fingerprint density at radius 1 is 0.333 bits per heavy atom. The molecular formula is C51H98O6. The van der Waals surface area contributed by atoms with Crippen LogP contribution in [0.5, 0.6) is 0 Å². The minimum absolute atomic E-state index is 0.0629. The first-order chi connectivity index (χ1) is 27.9. The molecule has 0 aliphatic heterocycles. The Kier molecular flexibility index (Phi) is 44.2. The predicted molar refractivity (Wildman–Crippen MR) is 243 cm³/mol. The summed E-state index contributed by atoms with van der Waals surface area (Å²) in [5.74, 6) is -0.0273. The second kappa shape index (κ2) is 45.5. The van der Waals surface area contributed by atoms with Gasteiger partial charge in [-0.2, -0.15) is 0 Å². The topological polar surface area (TPSA) is 78.9 Å². The molecule has 1 atom stereocenters. The molecule has 0 saturated heterocycles. The first-order valence-electron chi connectivity index (χ1n) is 25.4. The van der Waals surface area contributed by atoms with Crippen molar-refractivity contribution in [2.45, 2.75) is 291 Å². The summed E-state index contributed by atoms with van der Waals surface area (Å²) in [5, 5.41) is 0. The van der Waals surface area contributed by atoms with Crippen molar-refractivity contribution < 1.29 is 28.6 Å².